The third-order valence-corrected chi connectivity index (χ3v) is 2.20. The molecule has 88 valence electrons. The lowest BCUT2D eigenvalue weighted by molar-refractivity contribution is -0.137. The summed E-state index contributed by atoms with van der Waals surface area (Å²) < 4.78 is 4.59. The summed E-state index contributed by atoms with van der Waals surface area (Å²) in [6.45, 7) is 6.73. The molecule has 1 aromatic carbocycles. The molecule has 0 fully saturated rings. The molecule has 0 saturated carbocycles. The molecule has 0 radical (unpaired) electrons. The molecule has 17 heavy (non-hydrogen) atoms. The zero-order valence-corrected chi connectivity index (χ0v) is 9.13. The van der Waals surface area contributed by atoms with Crippen LogP contribution in [-0.2, 0) is 9.53 Å². The number of ether oxygens (including phenoxy) is 1. The Kier molecular flexibility index (Phi) is 4.22. The topological polar surface area (TPSA) is 63.6 Å². The molecule has 4 nitrogen and oxygen atoms in total. The van der Waals surface area contributed by atoms with Gasteiger partial charge in [0.1, 0.15) is 0 Å². The molecule has 1 atom stereocenters. The lowest BCUT2D eigenvalue weighted by Gasteiger charge is -2.07. The van der Waals surface area contributed by atoms with Gasteiger partial charge in [0.05, 0.1) is 17.7 Å². The predicted molar refractivity (Wildman–Crippen MR) is 62.6 cm³/mol. The molecular formula is C13H12O4. The predicted octanol–water partition coefficient (Wildman–Crippen LogP) is 2.34. The van der Waals surface area contributed by atoms with E-state index in [0.29, 0.717) is 11.1 Å². The van der Waals surface area contributed by atoms with Gasteiger partial charge in [0.15, 0.2) is 0 Å². The van der Waals surface area contributed by atoms with Crippen LogP contribution in [0.2, 0.25) is 0 Å². The van der Waals surface area contributed by atoms with Gasteiger partial charge in [-0.1, -0.05) is 24.8 Å². The average Bonchev–Trinajstić information content (AvgIpc) is 2.30. The lowest BCUT2D eigenvalue weighted by atomic mass is 9.98. The molecule has 0 saturated heterocycles. The van der Waals surface area contributed by atoms with Crippen LogP contribution >= 0.6 is 0 Å². The van der Waals surface area contributed by atoms with E-state index in [4.69, 9.17) is 5.11 Å². The van der Waals surface area contributed by atoms with Crippen molar-refractivity contribution in [2.24, 2.45) is 0 Å². The molecule has 0 amide bonds. The van der Waals surface area contributed by atoms with E-state index >= 15 is 0 Å². The second-order valence-electron chi connectivity index (χ2n) is 3.25. The third kappa shape index (κ3) is 3.04. The van der Waals surface area contributed by atoms with Crippen LogP contribution < -0.4 is 0 Å². The van der Waals surface area contributed by atoms with Crippen LogP contribution in [-0.4, -0.2) is 17.0 Å². The number of aliphatic carboxylic acids is 1. The fraction of sp³-hybridized carbons (Fsp3) is 0.0769. The van der Waals surface area contributed by atoms with Crippen molar-refractivity contribution >= 4 is 11.9 Å². The van der Waals surface area contributed by atoms with E-state index in [1.165, 1.54) is 18.2 Å². The number of rotatable bonds is 5. The van der Waals surface area contributed by atoms with Crippen LogP contribution in [0, 0.1) is 0 Å². The first-order chi connectivity index (χ1) is 8.10. The van der Waals surface area contributed by atoms with Gasteiger partial charge >= 0.3 is 11.9 Å². The Bertz CT molecular complexity index is 445. The van der Waals surface area contributed by atoms with Crippen LogP contribution in [0.15, 0.2) is 49.8 Å². The van der Waals surface area contributed by atoms with Crippen molar-refractivity contribution in [1.82, 2.24) is 0 Å². The molecule has 0 aliphatic rings. The molecular weight excluding hydrogens is 220 g/mol. The Hall–Kier alpha value is -2.36. The number of carbonyl (C=O) groups is 2. The van der Waals surface area contributed by atoms with Crippen molar-refractivity contribution in [3.05, 3.63) is 60.9 Å². The highest BCUT2D eigenvalue weighted by molar-refractivity contribution is 5.90. The van der Waals surface area contributed by atoms with Crippen molar-refractivity contribution < 1.29 is 19.4 Å². The van der Waals surface area contributed by atoms with Gasteiger partial charge in [0.2, 0.25) is 0 Å². The summed E-state index contributed by atoms with van der Waals surface area (Å²) in [7, 11) is 0. The second-order valence-corrected chi connectivity index (χ2v) is 3.25. The van der Waals surface area contributed by atoms with E-state index < -0.39 is 17.9 Å². The number of esters is 1. The van der Waals surface area contributed by atoms with Gasteiger partial charge in [-0.3, -0.25) is 4.79 Å². The molecule has 1 unspecified atom stereocenters. The smallest absolute Gasteiger partial charge is 0.342 e. The molecule has 1 rings (SSSR count). The van der Waals surface area contributed by atoms with Crippen molar-refractivity contribution in [3.8, 4) is 0 Å². The maximum absolute atomic E-state index is 11.3. The molecule has 0 aliphatic heterocycles. The van der Waals surface area contributed by atoms with Crippen molar-refractivity contribution in [2.45, 2.75) is 5.92 Å². The molecule has 0 bridgehead atoms. The van der Waals surface area contributed by atoms with Gasteiger partial charge in [-0.15, -0.1) is 6.58 Å². The maximum atomic E-state index is 11.3. The molecule has 1 aromatic rings. The Balaban J connectivity index is 2.94. The lowest BCUT2D eigenvalue weighted by Crippen LogP contribution is -2.09. The molecule has 4 heteroatoms. The van der Waals surface area contributed by atoms with Crippen molar-refractivity contribution in [2.75, 3.05) is 0 Å². The summed E-state index contributed by atoms with van der Waals surface area (Å²) >= 11 is 0. The number of carboxylic acid groups (broad SMARTS) is 1. The Morgan fingerprint density at radius 1 is 1.24 bits per heavy atom. The van der Waals surface area contributed by atoms with Gasteiger partial charge < -0.3 is 9.84 Å². The zero-order chi connectivity index (χ0) is 12.8. The van der Waals surface area contributed by atoms with E-state index in [-0.39, 0.29) is 0 Å². The highest BCUT2D eigenvalue weighted by Gasteiger charge is 2.16. The molecule has 0 aliphatic carbocycles. The summed E-state index contributed by atoms with van der Waals surface area (Å²) in [6, 6.07) is 6.11. The van der Waals surface area contributed by atoms with E-state index in [0.717, 1.165) is 6.26 Å². The van der Waals surface area contributed by atoms with Gasteiger partial charge in [0.25, 0.3) is 0 Å². The third-order valence-electron chi connectivity index (χ3n) is 2.20. The molecule has 0 heterocycles. The number of hydrogen-bond donors (Lipinski definition) is 1. The Morgan fingerprint density at radius 3 is 2.24 bits per heavy atom. The Morgan fingerprint density at radius 2 is 1.82 bits per heavy atom. The quantitative estimate of drug-likeness (QED) is 0.481. The molecule has 1 N–H and O–H groups in total. The van der Waals surface area contributed by atoms with Crippen LogP contribution in [0.4, 0.5) is 0 Å². The van der Waals surface area contributed by atoms with Crippen LogP contribution in [0.25, 0.3) is 0 Å². The fourth-order valence-electron chi connectivity index (χ4n) is 1.35. The Labute approximate surface area is 98.8 Å². The minimum absolute atomic E-state index is 0.335. The van der Waals surface area contributed by atoms with Gasteiger partial charge in [-0.25, -0.2) is 4.79 Å². The van der Waals surface area contributed by atoms with Gasteiger partial charge in [0, 0.05) is 0 Å². The summed E-state index contributed by atoms with van der Waals surface area (Å²) in [5, 5.41) is 8.91. The first kappa shape index (κ1) is 12.7. The van der Waals surface area contributed by atoms with E-state index in [2.05, 4.69) is 17.9 Å². The SMILES string of the molecule is C=COC(=O)c1ccc(C(C=C)C(=O)O)cc1. The first-order valence-electron chi connectivity index (χ1n) is 4.87. The fourth-order valence-corrected chi connectivity index (χ4v) is 1.35. The average molecular weight is 232 g/mol. The summed E-state index contributed by atoms with van der Waals surface area (Å²) in [5.74, 6) is -2.29. The van der Waals surface area contributed by atoms with E-state index in [1.54, 1.807) is 12.1 Å². The number of carboxylic acids is 1. The van der Waals surface area contributed by atoms with Crippen LogP contribution in [0.1, 0.15) is 21.8 Å². The largest absolute Gasteiger partial charge is 0.481 e. The second kappa shape index (κ2) is 5.65. The minimum atomic E-state index is -0.985. The number of benzene rings is 1. The van der Waals surface area contributed by atoms with Crippen LogP contribution in [0.5, 0.6) is 0 Å². The van der Waals surface area contributed by atoms with E-state index in [1.807, 2.05) is 0 Å². The minimum Gasteiger partial charge on any atom is -0.481 e. The monoisotopic (exact) mass is 232 g/mol. The highest BCUT2D eigenvalue weighted by Crippen LogP contribution is 2.18. The maximum Gasteiger partial charge on any atom is 0.342 e. The summed E-state index contributed by atoms with van der Waals surface area (Å²) in [5.41, 5.74) is 0.893. The van der Waals surface area contributed by atoms with Crippen molar-refractivity contribution in [1.29, 1.82) is 0 Å². The van der Waals surface area contributed by atoms with E-state index in [9.17, 15) is 9.59 Å². The number of carbonyl (C=O) groups excluding carboxylic acids is 1. The molecule has 0 aromatic heterocycles. The highest BCUT2D eigenvalue weighted by atomic mass is 16.5. The van der Waals surface area contributed by atoms with Gasteiger partial charge in [-0.2, -0.15) is 0 Å². The molecule has 0 spiro atoms. The number of hydrogen-bond acceptors (Lipinski definition) is 3. The first-order valence-corrected chi connectivity index (χ1v) is 4.87. The normalized spacial score (nSPS) is 11.3. The summed E-state index contributed by atoms with van der Waals surface area (Å²) in [6.07, 6.45) is 2.37. The zero-order valence-electron chi connectivity index (χ0n) is 9.13. The standard InChI is InChI=1S/C13H12O4/c1-3-11(12(14)15)9-5-7-10(8-6-9)13(16)17-4-2/h3-8,11H,1-2H2,(H,14,15). The summed E-state index contributed by atoms with van der Waals surface area (Å²) in [4.78, 5) is 22.2. The van der Waals surface area contributed by atoms with Gasteiger partial charge in [-0.05, 0) is 17.7 Å². The van der Waals surface area contributed by atoms with Crippen molar-refractivity contribution in [3.63, 3.8) is 0 Å². The van der Waals surface area contributed by atoms with Crippen LogP contribution in [0.3, 0.4) is 0 Å².